The fraction of sp³-hybridized carbons (Fsp3) is 0.296. The van der Waals surface area contributed by atoms with Gasteiger partial charge in [-0.15, -0.1) is 0 Å². The van der Waals surface area contributed by atoms with E-state index in [1.165, 1.54) is 18.2 Å². The number of aryl methyl sites for hydroxylation is 2. The lowest BCUT2D eigenvalue weighted by atomic mass is 10.2. The highest BCUT2D eigenvalue weighted by atomic mass is 35.5. The summed E-state index contributed by atoms with van der Waals surface area (Å²) >= 11 is 11.4. The van der Waals surface area contributed by atoms with Crippen LogP contribution in [-0.2, 0) is 4.79 Å². The first-order valence-electron chi connectivity index (χ1n) is 12.6. The quantitative estimate of drug-likeness (QED) is 0.269. The molecule has 3 aromatic rings. The molecule has 1 aromatic heterocycles. The number of hydrogen-bond donors (Lipinski definition) is 2. The van der Waals surface area contributed by atoms with E-state index in [2.05, 4.69) is 25.6 Å². The summed E-state index contributed by atoms with van der Waals surface area (Å²) in [5, 5.41) is 6.23. The number of para-hydroxylation sites is 2. The molecule has 208 valence electrons. The molecule has 2 aliphatic rings. The summed E-state index contributed by atoms with van der Waals surface area (Å²) in [6.07, 6.45) is -0.712. The van der Waals surface area contributed by atoms with Crippen LogP contribution in [0, 0.1) is 19.7 Å². The molecule has 0 aliphatic carbocycles. The Labute approximate surface area is 241 Å². The number of nitrogens with one attached hydrogen (secondary N) is 2. The number of halogens is 2. The van der Waals surface area contributed by atoms with Gasteiger partial charge >= 0.3 is 0 Å². The Morgan fingerprint density at radius 2 is 1.70 bits per heavy atom. The molecular formula is C27H27ClFN7O3S. The van der Waals surface area contributed by atoms with Gasteiger partial charge in [0.25, 0.3) is 5.91 Å². The summed E-state index contributed by atoms with van der Waals surface area (Å²) in [5.41, 5.74) is 2.08. The minimum absolute atomic E-state index is 0.0320. The van der Waals surface area contributed by atoms with Gasteiger partial charge in [0.2, 0.25) is 23.1 Å². The molecule has 1 saturated heterocycles. The molecule has 2 N–H and O–H groups in total. The van der Waals surface area contributed by atoms with Crippen molar-refractivity contribution in [2.24, 2.45) is 4.99 Å². The molecule has 1 amide bonds. The molecule has 1 unspecified atom stereocenters. The number of anilines is 2. The number of aliphatic imine (C=N–C) groups is 1. The highest BCUT2D eigenvalue weighted by Gasteiger charge is 2.33. The second kappa shape index (κ2) is 12.0. The average Bonchev–Trinajstić information content (AvgIpc) is 2.93. The van der Waals surface area contributed by atoms with Crippen molar-refractivity contribution in [2.75, 3.05) is 43.4 Å². The van der Waals surface area contributed by atoms with Crippen molar-refractivity contribution >= 4 is 52.4 Å². The molecule has 1 fully saturated rings. The zero-order chi connectivity index (χ0) is 28.2. The van der Waals surface area contributed by atoms with Gasteiger partial charge in [-0.25, -0.2) is 14.4 Å². The van der Waals surface area contributed by atoms with E-state index >= 15 is 0 Å². The number of benzene rings is 2. The van der Waals surface area contributed by atoms with Crippen molar-refractivity contribution in [1.29, 1.82) is 0 Å². The van der Waals surface area contributed by atoms with Gasteiger partial charge < -0.3 is 24.6 Å². The standard InChI is InChI=1S/C27H27ClFN7O3S/c1-16-13-17(2)31-25(30-16)33-26(34-27(40)32-18-7-8-20(29)19(28)14-18)36-11-9-35(10-12-36)24(37)23-15-38-21-5-3-4-6-22(21)39-23/h3-8,13-14,23H,9-12,15H2,1-2H3,(H2,30,31,32,33,34,40). The fourth-order valence-corrected chi connectivity index (χ4v) is 4.75. The summed E-state index contributed by atoms with van der Waals surface area (Å²) in [7, 11) is 0. The number of piperazine rings is 1. The highest BCUT2D eigenvalue weighted by molar-refractivity contribution is 7.80. The van der Waals surface area contributed by atoms with Crippen LogP contribution in [0.4, 0.5) is 16.0 Å². The molecule has 0 spiro atoms. The van der Waals surface area contributed by atoms with E-state index in [9.17, 15) is 9.18 Å². The van der Waals surface area contributed by atoms with Crippen molar-refractivity contribution in [3.05, 3.63) is 70.8 Å². The molecule has 0 saturated carbocycles. The van der Waals surface area contributed by atoms with Crippen LogP contribution in [-0.4, -0.2) is 75.6 Å². The Morgan fingerprint density at radius 1 is 1.02 bits per heavy atom. The van der Waals surface area contributed by atoms with Crippen LogP contribution in [0.15, 0.2) is 53.5 Å². The minimum Gasteiger partial charge on any atom is -0.485 e. The van der Waals surface area contributed by atoms with Crippen LogP contribution in [0.1, 0.15) is 11.4 Å². The van der Waals surface area contributed by atoms with Crippen LogP contribution in [0.2, 0.25) is 5.02 Å². The van der Waals surface area contributed by atoms with Crippen molar-refractivity contribution in [1.82, 2.24) is 19.8 Å². The second-order valence-corrected chi connectivity index (χ2v) is 10.1. The smallest absolute Gasteiger partial charge is 0.267 e. The number of thiocarbonyl (C=S) groups is 1. The maximum atomic E-state index is 13.6. The number of carbonyl (C=O) groups is 1. The number of rotatable bonds is 3. The van der Waals surface area contributed by atoms with E-state index in [0.29, 0.717) is 55.3 Å². The average molecular weight is 584 g/mol. The third kappa shape index (κ3) is 6.57. The summed E-state index contributed by atoms with van der Waals surface area (Å²) in [6.45, 7) is 5.71. The molecule has 2 aromatic carbocycles. The molecule has 3 heterocycles. The van der Waals surface area contributed by atoms with Crippen LogP contribution in [0.3, 0.4) is 0 Å². The predicted octanol–water partition coefficient (Wildman–Crippen LogP) is 4.04. The van der Waals surface area contributed by atoms with Crippen molar-refractivity contribution in [3.63, 3.8) is 0 Å². The van der Waals surface area contributed by atoms with Crippen molar-refractivity contribution in [3.8, 4) is 11.5 Å². The van der Waals surface area contributed by atoms with E-state index < -0.39 is 11.9 Å². The number of aromatic nitrogens is 2. The first-order chi connectivity index (χ1) is 19.2. The van der Waals surface area contributed by atoms with Crippen molar-refractivity contribution in [2.45, 2.75) is 20.0 Å². The van der Waals surface area contributed by atoms with E-state index in [1.807, 2.05) is 43.0 Å². The van der Waals surface area contributed by atoms with Gasteiger partial charge in [0, 0.05) is 43.3 Å². The monoisotopic (exact) mass is 583 g/mol. The van der Waals surface area contributed by atoms with E-state index in [4.69, 9.17) is 33.3 Å². The predicted molar refractivity (Wildman–Crippen MR) is 155 cm³/mol. The first-order valence-corrected chi connectivity index (χ1v) is 13.4. The lowest BCUT2D eigenvalue weighted by molar-refractivity contribution is -0.142. The van der Waals surface area contributed by atoms with Gasteiger partial charge in [0.1, 0.15) is 12.4 Å². The van der Waals surface area contributed by atoms with Gasteiger partial charge in [0.15, 0.2) is 11.5 Å². The third-order valence-corrected chi connectivity index (χ3v) is 6.74. The molecule has 13 heteroatoms. The summed E-state index contributed by atoms with van der Waals surface area (Å²) in [5.74, 6) is 1.30. The number of amides is 1. The molecule has 10 nitrogen and oxygen atoms in total. The minimum atomic E-state index is -0.712. The maximum Gasteiger partial charge on any atom is 0.267 e. The Hall–Kier alpha value is -4.03. The van der Waals surface area contributed by atoms with Gasteiger partial charge in [-0.05, 0) is 62.5 Å². The van der Waals surface area contributed by atoms with Gasteiger partial charge in [-0.2, -0.15) is 4.99 Å². The van der Waals surface area contributed by atoms with E-state index in [0.717, 1.165) is 11.4 Å². The number of hydrogen-bond acceptors (Lipinski definition) is 6. The Balaban J connectivity index is 1.29. The molecule has 5 rings (SSSR count). The zero-order valence-corrected chi connectivity index (χ0v) is 23.4. The Bertz CT molecular complexity index is 1450. The molecule has 1 atom stereocenters. The van der Waals surface area contributed by atoms with Crippen LogP contribution in [0.5, 0.6) is 11.5 Å². The van der Waals surface area contributed by atoms with Gasteiger partial charge in [-0.1, -0.05) is 23.7 Å². The van der Waals surface area contributed by atoms with Crippen LogP contribution in [0.25, 0.3) is 0 Å². The van der Waals surface area contributed by atoms with Gasteiger partial charge in [0.05, 0.1) is 5.02 Å². The third-order valence-electron chi connectivity index (χ3n) is 6.26. The Morgan fingerprint density at radius 3 is 2.40 bits per heavy atom. The summed E-state index contributed by atoms with van der Waals surface area (Å²) < 4.78 is 25.2. The number of fused-ring (bicyclic) bond motifs is 1. The van der Waals surface area contributed by atoms with E-state index in [-0.39, 0.29) is 22.6 Å². The normalized spacial score (nSPS) is 16.9. The van der Waals surface area contributed by atoms with Crippen molar-refractivity contribution < 1.29 is 18.7 Å². The largest absolute Gasteiger partial charge is 0.485 e. The number of carbonyl (C=O) groups excluding carboxylic acids is 1. The first kappa shape index (κ1) is 27.5. The molecule has 0 bridgehead atoms. The second-order valence-electron chi connectivity index (χ2n) is 9.27. The molecule has 40 heavy (non-hydrogen) atoms. The van der Waals surface area contributed by atoms with Crippen LogP contribution >= 0.6 is 23.8 Å². The van der Waals surface area contributed by atoms with Crippen LogP contribution < -0.4 is 20.1 Å². The zero-order valence-electron chi connectivity index (χ0n) is 21.9. The SMILES string of the molecule is Cc1cc(C)nc(N/C(=N/C(=S)Nc2ccc(F)c(Cl)c2)N2CCN(C(=O)C3COc4ccccc4O3)CC2)n1. The molecule has 2 aliphatic heterocycles. The lowest BCUT2D eigenvalue weighted by Crippen LogP contribution is -2.56. The number of ether oxygens (including phenoxy) is 2. The Kier molecular flexibility index (Phi) is 8.27. The lowest BCUT2D eigenvalue weighted by Gasteiger charge is -2.38. The fourth-order valence-electron chi connectivity index (χ4n) is 4.36. The highest BCUT2D eigenvalue weighted by Crippen LogP contribution is 2.31. The van der Waals surface area contributed by atoms with E-state index in [1.54, 1.807) is 11.0 Å². The topological polar surface area (TPSA) is 104 Å². The summed E-state index contributed by atoms with van der Waals surface area (Å²) in [4.78, 5) is 30.4. The molecule has 0 radical (unpaired) electrons. The van der Waals surface area contributed by atoms with Gasteiger partial charge in [-0.3, -0.25) is 10.1 Å². The number of guanidine groups is 1. The maximum absolute atomic E-state index is 13.6. The number of nitrogens with zero attached hydrogens (tertiary/aromatic N) is 5. The molecular weight excluding hydrogens is 557 g/mol. The summed E-state index contributed by atoms with van der Waals surface area (Å²) in [6, 6.07) is 13.4.